The van der Waals surface area contributed by atoms with E-state index in [9.17, 15) is 4.79 Å². The predicted molar refractivity (Wildman–Crippen MR) is 103 cm³/mol. The van der Waals surface area contributed by atoms with Gasteiger partial charge in [-0.25, -0.2) is 0 Å². The van der Waals surface area contributed by atoms with Gasteiger partial charge in [0.1, 0.15) is 6.61 Å². The van der Waals surface area contributed by atoms with Gasteiger partial charge in [0.05, 0.1) is 26.2 Å². The third kappa shape index (κ3) is 10.4. The molecule has 0 radical (unpaired) electrons. The Balaban J connectivity index is 0.000000446. The monoisotopic (exact) mass is 336 g/mol. The summed E-state index contributed by atoms with van der Waals surface area (Å²) in [5.74, 6) is -0.242. The van der Waals surface area contributed by atoms with Crippen molar-refractivity contribution in [2.24, 2.45) is 0 Å². The first-order valence-corrected chi connectivity index (χ1v) is 9.55. The number of carbonyl (C=O) groups excluding carboxylic acids is 1. The van der Waals surface area contributed by atoms with Gasteiger partial charge in [0.2, 0.25) is 0 Å². The minimum absolute atomic E-state index is 0.242. The number of rotatable bonds is 10. The zero-order valence-electron chi connectivity index (χ0n) is 16.5. The lowest BCUT2D eigenvalue weighted by molar-refractivity contribution is -0.928. The van der Waals surface area contributed by atoms with Crippen LogP contribution in [0.5, 0.6) is 0 Å². The Morgan fingerprint density at radius 3 is 1.58 bits per heavy atom. The maximum Gasteiger partial charge on any atom is 0.302 e. The maximum absolute atomic E-state index is 10.4. The number of esters is 1. The minimum Gasteiger partial charge on any atom is -0.461 e. The molecule has 0 aliphatic heterocycles. The van der Waals surface area contributed by atoms with Crippen molar-refractivity contribution in [1.82, 2.24) is 0 Å². The van der Waals surface area contributed by atoms with Crippen LogP contribution < -0.4 is 0 Å². The standard InChI is InChI=1S/C12H28N.C9H10O2/c1-5-9-13(10-6-2,11-7-3)12-8-4;1-8(10)11-7-9-5-3-2-4-6-9/h5-12H2,1-4H3;2-6H,7H2,1H3/q+1;. The number of hydrogen-bond donors (Lipinski definition) is 0. The summed E-state index contributed by atoms with van der Waals surface area (Å²) >= 11 is 0. The van der Waals surface area contributed by atoms with Gasteiger partial charge in [-0.05, 0) is 31.2 Å². The molecule has 1 rings (SSSR count). The fraction of sp³-hybridized carbons (Fsp3) is 0.667. The third-order valence-electron chi connectivity index (χ3n) is 4.08. The number of nitrogens with zero attached hydrogens (tertiary/aromatic N) is 1. The molecule has 0 saturated carbocycles. The Morgan fingerprint density at radius 1 is 0.833 bits per heavy atom. The quantitative estimate of drug-likeness (QED) is 0.434. The summed E-state index contributed by atoms with van der Waals surface area (Å²) in [4.78, 5) is 10.4. The van der Waals surface area contributed by atoms with Crippen LogP contribution in [0.25, 0.3) is 0 Å². The molecule has 1 aromatic carbocycles. The van der Waals surface area contributed by atoms with Crippen LogP contribution in [0.15, 0.2) is 30.3 Å². The molecule has 0 aliphatic carbocycles. The van der Waals surface area contributed by atoms with Crippen molar-refractivity contribution in [2.45, 2.75) is 66.9 Å². The van der Waals surface area contributed by atoms with Gasteiger partial charge in [0, 0.05) is 6.92 Å². The highest BCUT2D eigenvalue weighted by molar-refractivity contribution is 5.65. The van der Waals surface area contributed by atoms with Crippen molar-refractivity contribution >= 4 is 5.97 Å². The fourth-order valence-corrected chi connectivity index (χ4v) is 3.33. The summed E-state index contributed by atoms with van der Waals surface area (Å²) in [5, 5.41) is 0. The molecule has 24 heavy (non-hydrogen) atoms. The molecule has 0 atom stereocenters. The van der Waals surface area contributed by atoms with E-state index in [0.717, 1.165) is 5.56 Å². The van der Waals surface area contributed by atoms with E-state index in [1.807, 2.05) is 30.3 Å². The second-order valence-corrected chi connectivity index (χ2v) is 6.50. The highest BCUT2D eigenvalue weighted by Gasteiger charge is 2.22. The van der Waals surface area contributed by atoms with Crippen molar-refractivity contribution in [2.75, 3.05) is 26.2 Å². The van der Waals surface area contributed by atoms with Crippen LogP contribution in [-0.2, 0) is 16.1 Å². The zero-order chi connectivity index (χ0) is 18.3. The van der Waals surface area contributed by atoms with Gasteiger partial charge >= 0.3 is 5.97 Å². The van der Waals surface area contributed by atoms with Crippen LogP contribution in [0, 0.1) is 0 Å². The highest BCUT2D eigenvalue weighted by Crippen LogP contribution is 2.12. The van der Waals surface area contributed by atoms with Gasteiger partial charge in [0.15, 0.2) is 0 Å². The number of carbonyl (C=O) groups is 1. The van der Waals surface area contributed by atoms with Crippen LogP contribution in [-0.4, -0.2) is 36.6 Å². The van der Waals surface area contributed by atoms with Crippen molar-refractivity contribution in [3.8, 4) is 0 Å². The number of ether oxygens (including phenoxy) is 1. The number of quaternary nitrogens is 1. The van der Waals surface area contributed by atoms with Gasteiger partial charge in [-0.1, -0.05) is 58.0 Å². The molecule has 0 unspecified atom stereocenters. The van der Waals surface area contributed by atoms with Crippen LogP contribution >= 0.6 is 0 Å². The van der Waals surface area contributed by atoms with E-state index in [1.165, 1.54) is 63.3 Å². The van der Waals surface area contributed by atoms with E-state index in [4.69, 9.17) is 4.74 Å². The predicted octanol–water partition coefficient (Wildman–Crippen LogP) is 5.19. The van der Waals surface area contributed by atoms with Gasteiger partial charge in [-0.2, -0.15) is 0 Å². The molecule has 0 bridgehead atoms. The molecule has 3 heteroatoms. The first-order valence-electron chi connectivity index (χ1n) is 9.55. The maximum atomic E-state index is 10.4. The molecule has 0 fully saturated rings. The Labute approximate surface area is 149 Å². The molecule has 0 saturated heterocycles. The second kappa shape index (κ2) is 14.0. The average Bonchev–Trinajstić information content (AvgIpc) is 2.55. The summed E-state index contributed by atoms with van der Waals surface area (Å²) in [6.07, 6.45) is 5.33. The van der Waals surface area contributed by atoms with Crippen molar-refractivity contribution in [1.29, 1.82) is 0 Å². The first kappa shape index (κ1) is 22.6. The van der Waals surface area contributed by atoms with Crippen molar-refractivity contribution in [3.05, 3.63) is 35.9 Å². The lowest BCUT2D eigenvalue weighted by atomic mass is 10.2. The fourth-order valence-electron chi connectivity index (χ4n) is 3.33. The van der Waals surface area contributed by atoms with Crippen molar-refractivity contribution < 1.29 is 14.0 Å². The lowest BCUT2D eigenvalue weighted by Crippen LogP contribution is -2.50. The van der Waals surface area contributed by atoms with Crippen LogP contribution in [0.3, 0.4) is 0 Å². The van der Waals surface area contributed by atoms with Gasteiger partial charge in [-0.3, -0.25) is 4.79 Å². The average molecular weight is 337 g/mol. The molecular weight excluding hydrogens is 298 g/mol. The lowest BCUT2D eigenvalue weighted by Gasteiger charge is -2.38. The Morgan fingerprint density at radius 2 is 1.25 bits per heavy atom. The summed E-state index contributed by atoms with van der Waals surface area (Å²) in [7, 11) is 0. The topological polar surface area (TPSA) is 26.3 Å². The van der Waals surface area contributed by atoms with E-state index in [-0.39, 0.29) is 5.97 Å². The molecule has 1 aromatic rings. The highest BCUT2D eigenvalue weighted by atomic mass is 16.5. The number of hydrogen-bond acceptors (Lipinski definition) is 2. The summed E-state index contributed by atoms with van der Waals surface area (Å²) in [6, 6.07) is 9.60. The molecule has 0 spiro atoms. The first-order chi connectivity index (χ1) is 11.5. The Hall–Kier alpha value is -1.35. The molecule has 0 N–H and O–H groups in total. The third-order valence-corrected chi connectivity index (χ3v) is 4.08. The molecule has 0 heterocycles. The van der Waals surface area contributed by atoms with E-state index < -0.39 is 0 Å². The molecule has 0 amide bonds. The van der Waals surface area contributed by atoms with E-state index >= 15 is 0 Å². The molecule has 3 nitrogen and oxygen atoms in total. The SMILES string of the molecule is CC(=O)OCc1ccccc1.CCC[N+](CCC)(CCC)CCC. The molecular formula is C21H38NO2+. The van der Waals surface area contributed by atoms with E-state index in [1.54, 1.807) is 0 Å². The van der Waals surface area contributed by atoms with Crippen LogP contribution in [0.1, 0.15) is 65.9 Å². The van der Waals surface area contributed by atoms with Crippen LogP contribution in [0.2, 0.25) is 0 Å². The zero-order valence-corrected chi connectivity index (χ0v) is 16.5. The van der Waals surface area contributed by atoms with Gasteiger partial charge < -0.3 is 9.22 Å². The Kier molecular flexibility index (Phi) is 13.2. The molecule has 0 aromatic heterocycles. The van der Waals surface area contributed by atoms with Crippen molar-refractivity contribution in [3.63, 3.8) is 0 Å². The summed E-state index contributed by atoms with van der Waals surface area (Å²) in [6.45, 7) is 16.6. The molecule has 0 aliphatic rings. The van der Waals surface area contributed by atoms with Gasteiger partial charge in [0.25, 0.3) is 0 Å². The Bertz CT molecular complexity index is 388. The minimum atomic E-state index is -0.242. The van der Waals surface area contributed by atoms with Crippen LogP contribution in [0.4, 0.5) is 0 Å². The largest absolute Gasteiger partial charge is 0.461 e. The summed E-state index contributed by atoms with van der Waals surface area (Å²) in [5.41, 5.74) is 1.02. The smallest absolute Gasteiger partial charge is 0.302 e. The second-order valence-electron chi connectivity index (χ2n) is 6.50. The number of benzene rings is 1. The van der Waals surface area contributed by atoms with E-state index in [0.29, 0.717) is 6.61 Å². The molecule has 138 valence electrons. The normalized spacial score (nSPS) is 10.7. The summed E-state index contributed by atoms with van der Waals surface area (Å²) < 4.78 is 6.16. The van der Waals surface area contributed by atoms with E-state index in [2.05, 4.69) is 27.7 Å². The van der Waals surface area contributed by atoms with Gasteiger partial charge in [-0.15, -0.1) is 0 Å².